The Balaban J connectivity index is 2.36. The standard InChI is InChI=1S/C10H21NO3/c1-9(13-2)7-11-10(8-12)3-5-14-6-4-10/h9,11-12H,3-8H2,1-2H3. The largest absolute Gasteiger partial charge is 0.394 e. The van der Waals surface area contributed by atoms with E-state index in [1.807, 2.05) is 6.92 Å². The number of methoxy groups -OCH3 is 1. The van der Waals surface area contributed by atoms with Crippen LogP contribution >= 0.6 is 0 Å². The Hall–Kier alpha value is -0.160. The molecule has 0 aromatic rings. The van der Waals surface area contributed by atoms with E-state index in [-0.39, 0.29) is 18.2 Å². The van der Waals surface area contributed by atoms with Crippen molar-refractivity contribution in [3.05, 3.63) is 0 Å². The summed E-state index contributed by atoms with van der Waals surface area (Å²) in [5.41, 5.74) is -0.148. The molecule has 4 heteroatoms. The molecule has 1 fully saturated rings. The highest BCUT2D eigenvalue weighted by Crippen LogP contribution is 2.19. The third-order valence-corrected chi connectivity index (χ3v) is 2.92. The fourth-order valence-electron chi connectivity index (χ4n) is 1.60. The van der Waals surface area contributed by atoms with Crippen LogP contribution in [-0.2, 0) is 9.47 Å². The molecular formula is C10H21NO3. The second kappa shape index (κ2) is 5.66. The average molecular weight is 203 g/mol. The fraction of sp³-hybridized carbons (Fsp3) is 1.00. The average Bonchev–Trinajstić information content (AvgIpc) is 2.27. The minimum Gasteiger partial charge on any atom is -0.394 e. The van der Waals surface area contributed by atoms with Crippen LogP contribution in [0.1, 0.15) is 19.8 Å². The number of hydrogen-bond donors (Lipinski definition) is 2. The predicted molar refractivity (Wildman–Crippen MR) is 54.3 cm³/mol. The Morgan fingerprint density at radius 3 is 2.64 bits per heavy atom. The Labute approximate surface area is 85.6 Å². The highest BCUT2D eigenvalue weighted by molar-refractivity contribution is 4.89. The van der Waals surface area contributed by atoms with Crippen LogP contribution in [0.5, 0.6) is 0 Å². The molecule has 1 aliphatic rings. The smallest absolute Gasteiger partial charge is 0.0667 e. The van der Waals surface area contributed by atoms with E-state index in [0.29, 0.717) is 0 Å². The van der Waals surface area contributed by atoms with Gasteiger partial charge in [0.05, 0.1) is 12.7 Å². The summed E-state index contributed by atoms with van der Waals surface area (Å²) in [6.07, 6.45) is 1.93. The second-order valence-corrected chi connectivity index (χ2v) is 3.98. The second-order valence-electron chi connectivity index (χ2n) is 3.98. The lowest BCUT2D eigenvalue weighted by Gasteiger charge is -2.37. The van der Waals surface area contributed by atoms with Gasteiger partial charge in [-0.1, -0.05) is 0 Å². The van der Waals surface area contributed by atoms with Gasteiger partial charge in [0.1, 0.15) is 0 Å². The van der Waals surface area contributed by atoms with Crippen LogP contribution in [0.15, 0.2) is 0 Å². The summed E-state index contributed by atoms with van der Waals surface area (Å²) in [4.78, 5) is 0. The molecule has 1 unspecified atom stereocenters. The van der Waals surface area contributed by atoms with Crippen molar-refractivity contribution in [1.29, 1.82) is 0 Å². The lowest BCUT2D eigenvalue weighted by Crippen LogP contribution is -2.54. The van der Waals surface area contributed by atoms with Gasteiger partial charge in [0, 0.05) is 32.4 Å². The van der Waals surface area contributed by atoms with Crippen molar-refractivity contribution in [2.45, 2.75) is 31.4 Å². The molecule has 1 rings (SSSR count). The minimum absolute atomic E-state index is 0.148. The number of hydrogen-bond acceptors (Lipinski definition) is 4. The summed E-state index contributed by atoms with van der Waals surface area (Å²) in [6, 6.07) is 0. The van der Waals surface area contributed by atoms with Crippen LogP contribution in [0, 0.1) is 0 Å². The van der Waals surface area contributed by atoms with Gasteiger partial charge in [-0.3, -0.25) is 0 Å². The molecule has 0 aromatic heterocycles. The minimum atomic E-state index is -0.148. The monoisotopic (exact) mass is 203 g/mol. The molecular weight excluding hydrogens is 182 g/mol. The molecule has 0 radical (unpaired) electrons. The molecule has 1 atom stereocenters. The van der Waals surface area contributed by atoms with Gasteiger partial charge in [0.2, 0.25) is 0 Å². The maximum absolute atomic E-state index is 9.37. The molecule has 4 nitrogen and oxygen atoms in total. The van der Waals surface area contributed by atoms with Crippen molar-refractivity contribution >= 4 is 0 Å². The van der Waals surface area contributed by atoms with E-state index in [1.165, 1.54) is 0 Å². The first kappa shape index (κ1) is 11.9. The SMILES string of the molecule is COC(C)CNC1(CO)CCOCC1. The number of rotatable bonds is 5. The van der Waals surface area contributed by atoms with Crippen molar-refractivity contribution < 1.29 is 14.6 Å². The normalized spacial score (nSPS) is 23.4. The van der Waals surface area contributed by atoms with Gasteiger partial charge in [0.25, 0.3) is 0 Å². The summed E-state index contributed by atoms with van der Waals surface area (Å²) in [5.74, 6) is 0. The van der Waals surface area contributed by atoms with E-state index < -0.39 is 0 Å². The molecule has 0 amide bonds. The first-order chi connectivity index (χ1) is 6.72. The van der Waals surface area contributed by atoms with Crippen molar-refractivity contribution in [3.8, 4) is 0 Å². The van der Waals surface area contributed by atoms with Crippen LogP contribution < -0.4 is 5.32 Å². The van der Waals surface area contributed by atoms with E-state index in [0.717, 1.165) is 32.6 Å². The van der Waals surface area contributed by atoms with Crippen molar-refractivity contribution in [3.63, 3.8) is 0 Å². The Bertz CT molecular complexity index is 157. The summed E-state index contributed by atoms with van der Waals surface area (Å²) < 4.78 is 10.4. The van der Waals surface area contributed by atoms with Gasteiger partial charge in [-0.2, -0.15) is 0 Å². The van der Waals surface area contributed by atoms with Gasteiger partial charge in [-0.25, -0.2) is 0 Å². The highest BCUT2D eigenvalue weighted by atomic mass is 16.5. The molecule has 0 spiro atoms. The predicted octanol–water partition coefficient (Wildman–Crippen LogP) is 0.152. The molecule has 0 bridgehead atoms. The zero-order valence-corrected chi connectivity index (χ0v) is 9.08. The zero-order valence-electron chi connectivity index (χ0n) is 9.08. The van der Waals surface area contributed by atoms with E-state index in [4.69, 9.17) is 9.47 Å². The Morgan fingerprint density at radius 2 is 2.14 bits per heavy atom. The molecule has 84 valence electrons. The number of ether oxygens (including phenoxy) is 2. The van der Waals surface area contributed by atoms with Crippen LogP contribution in [-0.4, -0.2) is 50.2 Å². The van der Waals surface area contributed by atoms with E-state index >= 15 is 0 Å². The Morgan fingerprint density at radius 1 is 1.50 bits per heavy atom. The van der Waals surface area contributed by atoms with Gasteiger partial charge in [-0.15, -0.1) is 0 Å². The van der Waals surface area contributed by atoms with Crippen LogP contribution in [0.2, 0.25) is 0 Å². The van der Waals surface area contributed by atoms with Crippen LogP contribution in [0.3, 0.4) is 0 Å². The topological polar surface area (TPSA) is 50.7 Å². The van der Waals surface area contributed by atoms with E-state index in [9.17, 15) is 5.11 Å². The lowest BCUT2D eigenvalue weighted by molar-refractivity contribution is 0.00429. The van der Waals surface area contributed by atoms with Crippen LogP contribution in [0.4, 0.5) is 0 Å². The molecule has 0 saturated carbocycles. The summed E-state index contributed by atoms with van der Waals surface area (Å²) >= 11 is 0. The summed E-state index contributed by atoms with van der Waals surface area (Å²) in [7, 11) is 1.70. The number of aliphatic hydroxyl groups excluding tert-OH is 1. The van der Waals surface area contributed by atoms with Crippen molar-refractivity contribution in [1.82, 2.24) is 5.32 Å². The van der Waals surface area contributed by atoms with Gasteiger partial charge < -0.3 is 19.9 Å². The van der Waals surface area contributed by atoms with E-state index in [2.05, 4.69) is 5.32 Å². The van der Waals surface area contributed by atoms with Gasteiger partial charge >= 0.3 is 0 Å². The first-order valence-electron chi connectivity index (χ1n) is 5.19. The zero-order chi connectivity index (χ0) is 10.4. The molecule has 2 N–H and O–H groups in total. The Kier molecular flexibility index (Phi) is 4.81. The van der Waals surface area contributed by atoms with Gasteiger partial charge in [-0.05, 0) is 19.8 Å². The molecule has 0 aromatic carbocycles. The summed E-state index contributed by atoms with van der Waals surface area (Å²) in [5, 5.41) is 12.7. The summed E-state index contributed by atoms with van der Waals surface area (Å²) in [6.45, 7) is 4.42. The lowest BCUT2D eigenvalue weighted by atomic mass is 9.91. The molecule has 1 aliphatic heterocycles. The first-order valence-corrected chi connectivity index (χ1v) is 5.19. The highest BCUT2D eigenvalue weighted by Gasteiger charge is 2.31. The van der Waals surface area contributed by atoms with Crippen molar-refractivity contribution in [2.75, 3.05) is 33.5 Å². The fourth-order valence-corrected chi connectivity index (χ4v) is 1.60. The third-order valence-electron chi connectivity index (χ3n) is 2.92. The molecule has 14 heavy (non-hydrogen) atoms. The maximum atomic E-state index is 9.37. The maximum Gasteiger partial charge on any atom is 0.0667 e. The molecule has 0 aliphatic carbocycles. The third kappa shape index (κ3) is 3.20. The number of aliphatic hydroxyl groups is 1. The molecule has 1 saturated heterocycles. The number of nitrogens with one attached hydrogen (secondary N) is 1. The quantitative estimate of drug-likeness (QED) is 0.668. The van der Waals surface area contributed by atoms with E-state index in [1.54, 1.807) is 7.11 Å². The van der Waals surface area contributed by atoms with Crippen molar-refractivity contribution in [2.24, 2.45) is 0 Å². The van der Waals surface area contributed by atoms with Crippen LogP contribution in [0.25, 0.3) is 0 Å². The molecule has 1 heterocycles. The van der Waals surface area contributed by atoms with Gasteiger partial charge in [0.15, 0.2) is 0 Å².